The van der Waals surface area contributed by atoms with Gasteiger partial charge < -0.3 is 4.90 Å². The maximum absolute atomic E-state index is 15.6. The van der Waals surface area contributed by atoms with Crippen LogP contribution in [0.3, 0.4) is 0 Å². The van der Waals surface area contributed by atoms with Crippen LogP contribution in [0.15, 0.2) is 54.6 Å². The van der Waals surface area contributed by atoms with Crippen molar-refractivity contribution in [3.63, 3.8) is 0 Å². The average molecular weight is 519 g/mol. The van der Waals surface area contributed by atoms with Gasteiger partial charge in [0.2, 0.25) is 5.82 Å². The second-order valence-corrected chi connectivity index (χ2v) is 11.1. The zero-order chi connectivity index (χ0) is 23.7. The highest BCUT2D eigenvalue weighted by atomic mass is 35.5. The third kappa shape index (κ3) is 4.46. The van der Waals surface area contributed by atoms with E-state index in [9.17, 15) is 0 Å². The van der Waals surface area contributed by atoms with E-state index in [1.54, 1.807) is 45.9 Å². The lowest BCUT2D eigenvalue weighted by Gasteiger charge is -2.21. The molecule has 0 aliphatic carbocycles. The van der Waals surface area contributed by atoms with Crippen molar-refractivity contribution in [2.45, 2.75) is 24.1 Å². The largest absolute Gasteiger partial charge is 0.353 e. The summed E-state index contributed by atoms with van der Waals surface area (Å²) in [6, 6.07) is 15.0. The van der Waals surface area contributed by atoms with Crippen LogP contribution < -0.4 is 4.90 Å². The lowest BCUT2D eigenvalue weighted by atomic mass is 10.1. The fraction of sp³-hybridized carbons (Fsp3) is 0.304. The van der Waals surface area contributed by atoms with Crippen LogP contribution in [-0.2, 0) is 12.5 Å². The third-order valence-electron chi connectivity index (χ3n) is 5.72. The van der Waals surface area contributed by atoms with Gasteiger partial charge in [-0.15, -0.1) is 5.10 Å². The monoisotopic (exact) mass is 518 g/mol. The minimum atomic E-state index is -3.38. The minimum absolute atomic E-state index is 0.164. The second kappa shape index (κ2) is 9.67. The number of aromatic nitrogens is 5. The Morgan fingerprint density at radius 2 is 1.85 bits per heavy atom. The number of rotatable bonds is 7. The van der Waals surface area contributed by atoms with Gasteiger partial charge in [0.1, 0.15) is 0 Å². The van der Waals surface area contributed by atoms with Crippen molar-refractivity contribution in [1.29, 1.82) is 0 Å². The predicted molar refractivity (Wildman–Crippen MR) is 135 cm³/mol. The van der Waals surface area contributed by atoms with E-state index in [1.807, 2.05) is 29.4 Å². The van der Waals surface area contributed by atoms with Gasteiger partial charge in [-0.3, -0.25) is 0 Å². The Morgan fingerprint density at radius 3 is 2.62 bits per heavy atom. The van der Waals surface area contributed by atoms with E-state index >= 15 is 8.78 Å². The highest BCUT2D eigenvalue weighted by Crippen LogP contribution is 2.38. The van der Waals surface area contributed by atoms with Gasteiger partial charge in [-0.25, -0.2) is 14.6 Å². The molecule has 11 heteroatoms. The van der Waals surface area contributed by atoms with E-state index in [4.69, 9.17) is 11.6 Å². The Kier molecular flexibility index (Phi) is 6.63. The van der Waals surface area contributed by atoms with E-state index in [0.717, 1.165) is 12.0 Å². The molecule has 1 atom stereocenters. The standard InChI is InChI=1S/C23H21ClF2N6S2/c1-33-34-17-11-12-31(14-17)20-19-21(32(30-29-19)13-15-7-5-6-10-18(15)24)28-22(27-20)23(25,26)16-8-3-2-4-9-16/h2-10,17H,11-14H2,1H3. The maximum atomic E-state index is 15.6. The fourth-order valence-electron chi connectivity index (χ4n) is 4.01. The molecule has 1 fully saturated rings. The fourth-order valence-corrected chi connectivity index (χ4v) is 6.21. The number of hydrogen-bond donors (Lipinski definition) is 0. The quantitative estimate of drug-likeness (QED) is 0.293. The summed E-state index contributed by atoms with van der Waals surface area (Å²) in [5.41, 5.74) is 1.30. The first-order valence-electron chi connectivity index (χ1n) is 10.7. The summed E-state index contributed by atoms with van der Waals surface area (Å²) in [6.07, 6.45) is 2.98. The highest BCUT2D eigenvalue weighted by molar-refractivity contribution is 8.76. The molecule has 1 saturated heterocycles. The molecule has 0 bridgehead atoms. The Labute approximate surface area is 208 Å². The zero-order valence-corrected chi connectivity index (χ0v) is 20.6. The number of benzene rings is 2. The predicted octanol–water partition coefficient (Wildman–Crippen LogP) is 5.65. The summed E-state index contributed by atoms with van der Waals surface area (Å²) in [4.78, 5) is 10.7. The van der Waals surface area contributed by atoms with Crippen molar-refractivity contribution >= 4 is 50.2 Å². The summed E-state index contributed by atoms with van der Waals surface area (Å²) in [5, 5.41) is 9.49. The van der Waals surface area contributed by atoms with Gasteiger partial charge in [0.05, 0.1) is 6.54 Å². The van der Waals surface area contributed by atoms with Gasteiger partial charge in [-0.05, 0) is 24.3 Å². The smallest absolute Gasteiger partial charge is 0.331 e. The molecule has 0 saturated carbocycles. The molecule has 0 spiro atoms. The molecule has 0 N–H and O–H groups in total. The molecule has 3 heterocycles. The molecule has 176 valence electrons. The molecular weight excluding hydrogens is 498 g/mol. The van der Waals surface area contributed by atoms with Crippen LogP contribution in [0.5, 0.6) is 0 Å². The molecule has 5 rings (SSSR count). The number of hydrogen-bond acceptors (Lipinski definition) is 7. The summed E-state index contributed by atoms with van der Waals surface area (Å²) in [5.74, 6) is -3.55. The number of nitrogens with zero attached hydrogens (tertiary/aromatic N) is 6. The molecule has 4 aromatic rings. The van der Waals surface area contributed by atoms with E-state index in [1.165, 1.54) is 16.8 Å². The van der Waals surface area contributed by atoms with E-state index < -0.39 is 11.7 Å². The topological polar surface area (TPSA) is 59.7 Å². The van der Waals surface area contributed by atoms with Crippen molar-refractivity contribution in [2.75, 3.05) is 24.2 Å². The Morgan fingerprint density at radius 1 is 1.09 bits per heavy atom. The molecule has 1 aliphatic heterocycles. The van der Waals surface area contributed by atoms with E-state index in [2.05, 4.69) is 20.3 Å². The van der Waals surface area contributed by atoms with Crippen LogP contribution in [-0.4, -0.2) is 49.6 Å². The van der Waals surface area contributed by atoms with Crippen molar-refractivity contribution in [3.8, 4) is 0 Å². The molecule has 34 heavy (non-hydrogen) atoms. The number of anilines is 1. The summed E-state index contributed by atoms with van der Waals surface area (Å²) in [6.45, 7) is 1.66. The summed E-state index contributed by atoms with van der Waals surface area (Å²) >= 11 is 6.33. The Bertz CT molecular complexity index is 1300. The molecule has 2 aromatic carbocycles. The summed E-state index contributed by atoms with van der Waals surface area (Å²) < 4.78 is 32.7. The molecule has 1 unspecified atom stereocenters. The van der Waals surface area contributed by atoms with Crippen molar-refractivity contribution in [1.82, 2.24) is 25.0 Å². The third-order valence-corrected chi connectivity index (χ3v) is 8.33. The first-order chi connectivity index (χ1) is 16.5. The van der Waals surface area contributed by atoms with Gasteiger partial charge in [-0.2, -0.15) is 8.78 Å². The normalized spacial score (nSPS) is 16.5. The molecule has 2 aromatic heterocycles. The number of halogens is 3. The van der Waals surface area contributed by atoms with Gasteiger partial charge in [0.15, 0.2) is 17.0 Å². The van der Waals surface area contributed by atoms with Crippen LogP contribution in [0.2, 0.25) is 5.02 Å². The van der Waals surface area contributed by atoms with E-state index in [0.29, 0.717) is 34.7 Å². The van der Waals surface area contributed by atoms with Crippen LogP contribution in [0, 0.1) is 0 Å². The minimum Gasteiger partial charge on any atom is -0.353 e. The first-order valence-corrected chi connectivity index (χ1v) is 13.7. The number of fused-ring (bicyclic) bond motifs is 1. The molecule has 6 nitrogen and oxygen atoms in total. The van der Waals surface area contributed by atoms with Crippen molar-refractivity contribution < 1.29 is 8.78 Å². The maximum Gasteiger partial charge on any atom is 0.331 e. The lowest BCUT2D eigenvalue weighted by Crippen LogP contribution is -2.26. The van der Waals surface area contributed by atoms with Gasteiger partial charge in [0.25, 0.3) is 0 Å². The molecular formula is C23H21ClF2N6S2. The molecule has 0 radical (unpaired) electrons. The van der Waals surface area contributed by atoms with Crippen molar-refractivity contribution in [2.24, 2.45) is 0 Å². The molecule has 0 amide bonds. The summed E-state index contributed by atoms with van der Waals surface area (Å²) in [7, 11) is 3.49. The second-order valence-electron chi connectivity index (χ2n) is 7.94. The van der Waals surface area contributed by atoms with Gasteiger partial charge in [0, 0.05) is 28.9 Å². The first kappa shape index (κ1) is 23.3. The Hall–Kier alpha value is -2.43. The SMILES string of the molecule is CSSC1CCN(c2nc(C(F)(F)c3ccccc3)nc3c2nnn3Cc2ccccc2Cl)C1. The molecule has 1 aliphatic rings. The van der Waals surface area contributed by atoms with Gasteiger partial charge >= 0.3 is 5.92 Å². The highest BCUT2D eigenvalue weighted by Gasteiger charge is 2.40. The Balaban J connectivity index is 1.63. The van der Waals surface area contributed by atoms with E-state index in [-0.39, 0.29) is 17.8 Å². The number of alkyl halides is 2. The van der Waals surface area contributed by atoms with Crippen LogP contribution in [0.4, 0.5) is 14.6 Å². The lowest BCUT2D eigenvalue weighted by molar-refractivity contribution is 0.0332. The average Bonchev–Trinajstić information content (AvgIpc) is 3.48. The zero-order valence-electron chi connectivity index (χ0n) is 18.2. The van der Waals surface area contributed by atoms with Crippen LogP contribution in [0.1, 0.15) is 23.4 Å². The van der Waals surface area contributed by atoms with Crippen molar-refractivity contribution in [3.05, 3.63) is 76.6 Å². The van der Waals surface area contributed by atoms with Crippen LogP contribution in [0.25, 0.3) is 11.2 Å². The van der Waals surface area contributed by atoms with Gasteiger partial charge in [-0.1, -0.05) is 86.9 Å². The van der Waals surface area contributed by atoms with Crippen LogP contribution >= 0.6 is 33.2 Å².